The minimum atomic E-state index is 0.328. The molecule has 0 aromatic heterocycles. The van der Waals surface area contributed by atoms with E-state index in [1.807, 2.05) is 12.1 Å². The van der Waals surface area contributed by atoms with E-state index in [-0.39, 0.29) is 0 Å². The fourth-order valence-electron chi connectivity index (χ4n) is 2.53. The third-order valence-corrected chi connectivity index (χ3v) is 4.05. The number of hydrogen-bond acceptors (Lipinski definition) is 2. The third-order valence-electron chi connectivity index (χ3n) is 3.56. The van der Waals surface area contributed by atoms with Gasteiger partial charge in [-0.1, -0.05) is 47.1 Å². The van der Waals surface area contributed by atoms with Gasteiger partial charge in [0.25, 0.3) is 0 Å². The van der Waals surface area contributed by atoms with E-state index in [0.717, 1.165) is 30.4 Å². The number of benzene rings is 2. The van der Waals surface area contributed by atoms with E-state index < -0.39 is 0 Å². The molecule has 0 fully saturated rings. The summed E-state index contributed by atoms with van der Waals surface area (Å²) < 4.78 is 1.13. The van der Waals surface area contributed by atoms with Gasteiger partial charge in [0.2, 0.25) is 0 Å². The van der Waals surface area contributed by atoms with Gasteiger partial charge in [0.05, 0.1) is 0 Å². The Balaban J connectivity index is 2.04. The zero-order valence-electron chi connectivity index (χ0n) is 12.3. The highest BCUT2D eigenvalue weighted by atomic mass is 79.9. The number of hydrogen-bond donors (Lipinski definition) is 2. The molecule has 2 nitrogen and oxygen atoms in total. The van der Waals surface area contributed by atoms with Crippen LogP contribution < -0.4 is 5.32 Å². The van der Waals surface area contributed by atoms with Crippen LogP contribution in [0.3, 0.4) is 0 Å². The second kappa shape index (κ2) is 8.20. The lowest BCUT2D eigenvalue weighted by Gasteiger charge is -2.18. The van der Waals surface area contributed by atoms with Gasteiger partial charge in [-0.25, -0.2) is 0 Å². The van der Waals surface area contributed by atoms with Gasteiger partial charge in [0.15, 0.2) is 0 Å². The molecule has 3 heteroatoms. The lowest BCUT2D eigenvalue weighted by molar-refractivity contribution is 0.470. The summed E-state index contributed by atoms with van der Waals surface area (Å²) in [6.45, 7) is 4.13. The predicted molar refractivity (Wildman–Crippen MR) is 91.7 cm³/mol. The van der Waals surface area contributed by atoms with E-state index in [2.05, 4.69) is 52.4 Å². The zero-order chi connectivity index (χ0) is 15.1. The SMILES string of the molecule is CCNCC(Cc1ccc(O)cc1)Cc1cccc(Br)c1. The Kier molecular flexibility index (Phi) is 6.27. The smallest absolute Gasteiger partial charge is 0.115 e. The van der Waals surface area contributed by atoms with Gasteiger partial charge < -0.3 is 10.4 Å². The van der Waals surface area contributed by atoms with E-state index in [1.165, 1.54) is 11.1 Å². The van der Waals surface area contributed by atoms with Crippen LogP contribution in [-0.4, -0.2) is 18.2 Å². The van der Waals surface area contributed by atoms with E-state index in [4.69, 9.17) is 0 Å². The molecule has 1 atom stereocenters. The molecular weight excluding hydrogens is 326 g/mol. The van der Waals surface area contributed by atoms with Crippen LogP contribution in [0.1, 0.15) is 18.1 Å². The van der Waals surface area contributed by atoms with Crippen LogP contribution in [0.4, 0.5) is 0 Å². The number of aromatic hydroxyl groups is 1. The van der Waals surface area contributed by atoms with E-state index >= 15 is 0 Å². The highest BCUT2D eigenvalue weighted by molar-refractivity contribution is 9.10. The van der Waals surface area contributed by atoms with Crippen molar-refractivity contribution < 1.29 is 5.11 Å². The molecule has 21 heavy (non-hydrogen) atoms. The molecule has 2 rings (SSSR count). The standard InChI is InChI=1S/C18H22BrNO/c1-2-20-13-16(10-14-6-8-18(21)9-7-14)11-15-4-3-5-17(19)12-15/h3-9,12,16,20-21H,2,10-11,13H2,1H3. The Morgan fingerprint density at radius 3 is 2.43 bits per heavy atom. The summed E-state index contributed by atoms with van der Waals surface area (Å²) in [6, 6.07) is 16.1. The number of phenols is 1. The largest absolute Gasteiger partial charge is 0.508 e. The highest BCUT2D eigenvalue weighted by Gasteiger charge is 2.11. The summed E-state index contributed by atoms with van der Waals surface area (Å²) in [5.41, 5.74) is 2.62. The first kappa shape index (κ1) is 16.1. The van der Waals surface area contributed by atoms with Gasteiger partial charge in [0, 0.05) is 4.47 Å². The monoisotopic (exact) mass is 347 g/mol. The molecule has 2 aromatic carbocycles. The minimum Gasteiger partial charge on any atom is -0.508 e. The molecule has 0 aliphatic heterocycles. The number of rotatable bonds is 7. The van der Waals surface area contributed by atoms with Gasteiger partial charge in [-0.15, -0.1) is 0 Å². The molecule has 0 amide bonds. The summed E-state index contributed by atoms with van der Waals surface area (Å²) in [5.74, 6) is 0.873. The van der Waals surface area contributed by atoms with E-state index in [9.17, 15) is 5.11 Å². The molecule has 1 unspecified atom stereocenters. The van der Waals surface area contributed by atoms with Crippen LogP contribution in [0.25, 0.3) is 0 Å². The van der Waals surface area contributed by atoms with Crippen molar-refractivity contribution in [2.75, 3.05) is 13.1 Å². The molecule has 112 valence electrons. The summed E-state index contributed by atoms with van der Waals surface area (Å²) in [5, 5.41) is 12.8. The molecule has 0 aliphatic rings. The average Bonchev–Trinajstić information content (AvgIpc) is 2.47. The van der Waals surface area contributed by atoms with Crippen molar-refractivity contribution in [2.24, 2.45) is 5.92 Å². The molecule has 0 bridgehead atoms. The van der Waals surface area contributed by atoms with Gasteiger partial charge in [-0.05, 0) is 67.2 Å². The first-order valence-electron chi connectivity index (χ1n) is 7.40. The van der Waals surface area contributed by atoms with Crippen molar-refractivity contribution >= 4 is 15.9 Å². The maximum absolute atomic E-state index is 9.38. The Bertz CT molecular complexity index is 553. The van der Waals surface area contributed by atoms with Gasteiger partial charge >= 0.3 is 0 Å². The second-order valence-corrected chi connectivity index (χ2v) is 6.29. The molecule has 0 spiro atoms. The van der Waals surface area contributed by atoms with Crippen molar-refractivity contribution in [3.63, 3.8) is 0 Å². The Morgan fingerprint density at radius 1 is 1.05 bits per heavy atom. The summed E-state index contributed by atoms with van der Waals surface area (Å²) >= 11 is 3.54. The summed E-state index contributed by atoms with van der Waals surface area (Å²) in [7, 11) is 0. The lowest BCUT2D eigenvalue weighted by Crippen LogP contribution is -2.25. The van der Waals surface area contributed by atoms with Crippen molar-refractivity contribution in [1.82, 2.24) is 5.32 Å². The quantitative estimate of drug-likeness (QED) is 0.787. The normalized spacial score (nSPS) is 12.3. The topological polar surface area (TPSA) is 32.3 Å². The van der Waals surface area contributed by atoms with Gasteiger partial charge in [-0.2, -0.15) is 0 Å². The summed E-state index contributed by atoms with van der Waals surface area (Å²) in [6.07, 6.45) is 2.06. The molecule has 0 aliphatic carbocycles. The summed E-state index contributed by atoms with van der Waals surface area (Å²) in [4.78, 5) is 0. The molecule has 0 radical (unpaired) electrons. The maximum Gasteiger partial charge on any atom is 0.115 e. The lowest BCUT2D eigenvalue weighted by atomic mass is 9.92. The van der Waals surface area contributed by atoms with Crippen LogP contribution in [0.2, 0.25) is 0 Å². The molecular formula is C18H22BrNO. The van der Waals surface area contributed by atoms with Crippen molar-refractivity contribution in [1.29, 1.82) is 0 Å². The fraction of sp³-hybridized carbons (Fsp3) is 0.333. The number of nitrogens with one attached hydrogen (secondary N) is 1. The van der Waals surface area contributed by atoms with Gasteiger partial charge in [-0.3, -0.25) is 0 Å². The predicted octanol–water partition coefficient (Wildman–Crippen LogP) is 4.17. The van der Waals surface area contributed by atoms with Gasteiger partial charge in [0.1, 0.15) is 5.75 Å². The average molecular weight is 348 g/mol. The van der Waals surface area contributed by atoms with Crippen LogP contribution in [0.5, 0.6) is 5.75 Å². The maximum atomic E-state index is 9.38. The van der Waals surface area contributed by atoms with Crippen molar-refractivity contribution in [3.05, 3.63) is 64.1 Å². The molecule has 0 saturated carbocycles. The molecule has 0 saturated heterocycles. The van der Waals surface area contributed by atoms with Crippen LogP contribution in [0.15, 0.2) is 53.0 Å². The zero-order valence-corrected chi connectivity index (χ0v) is 13.9. The molecule has 2 aromatic rings. The third kappa shape index (κ3) is 5.52. The second-order valence-electron chi connectivity index (χ2n) is 5.38. The Labute approximate surface area is 135 Å². The fourth-order valence-corrected chi connectivity index (χ4v) is 2.97. The highest BCUT2D eigenvalue weighted by Crippen LogP contribution is 2.19. The minimum absolute atomic E-state index is 0.328. The molecule has 2 N–H and O–H groups in total. The van der Waals surface area contributed by atoms with Crippen molar-refractivity contribution in [3.8, 4) is 5.75 Å². The van der Waals surface area contributed by atoms with Crippen LogP contribution in [0, 0.1) is 5.92 Å². The Morgan fingerprint density at radius 2 is 1.76 bits per heavy atom. The first-order chi connectivity index (χ1) is 10.2. The Hall–Kier alpha value is -1.32. The first-order valence-corrected chi connectivity index (χ1v) is 8.19. The van der Waals surface area contributed by atoms with E-state index in [0.29, 0.717) is 11.7 Å². The van der Waals surface area contributed by atoms with Crippen LogP contribution >= 0.6 is 15.9 Å². The van der Waals surface area contributed by atoms with E-state index in [1.54, 1.807) is 12.1 Å². The molecule has 0 heterocycles. The number of phenolic OH excluding ortho intramolecular Hbond substituents is 1. The van der Waals surface area contributed by atoms with Crippen molar-refractivity contribution in [2.45, 2.75) is 19.8 Å². The van der Waals surface area contributed by atoms with Crippen LogP contribution in [-0.2, 0) is 12.8 Å². The number of halogens is 1.